The first-order chi connectivity index (χ1) is 13.3. The van der Waals surface area contributed by atoms with Gasteiger partial charge in [0, 0.05) is 29.9 Å². The van der Waals surface area contributed by atoms with Crippen molar-refractivity contribution in [1.82, 2.24) is 19.9 Å². The zero-order chi connectivity index (χ0) is 19.9. The summed E-state index contributed by atoms with van der Waals surface area (Å²) < 4.78 is 40.3. The number of phenols is 1. The smallest absolute Gasteiger partial charge is 0.416 e. The van der Waals surface area contributed by atoms with Gasteiger partial charge in [0.15, 0.2) is 5.65 Å². The van der Waals surface area contributed by atoms with Gasteiger partial charge in [-0.25, -0.2) is 0 Å². The largest absolute Gasteiger partial charge is 0.507 e. The molecule has 0 saturated carbocycles. The van der Waals surface area contributed by atoms with Crippen LogP contribution in [0.4, 0.5) is 19.1 Å². The van der Waals surface area contributed by atoms with Gasteiger partial charge in [0.2, 0.25) is 5.95 Å². The fourth-order valence-corrected chi connectivity index (χ4v) is 3.56. The van der Waals surface area contributed by atoms with Crippen LogP contribution in [0.25, 0.3) is 16.8 Å². The number of benzene rings is 1. The molecule has 0 spiro atoms. The Balaban J connectivity index is 1.76. The predicted molar refractivity (Wildman–Crippen MR) is 99.6 cm³/mol. The van der Waals surface area contributed by atoms with E-state index in [-0.39, 0.29) is 11.6 Å². The van der Waals surface area contributed by atoms with Gasteiger partial charge in [0.25, 0.3) is 0 Å². The van der Waals surface area contributed by atoms with Gasteiger partial charge in [0.05, 0.1) is 10.6 Å². The lowest BCUT2D eigenvalue weighted by atomic mass is 10.0. The van der Waals surface area contributed by atoms with Crippen molar-refractivity contribution >= 4 is 23.2 Å². The third-order valence-electron chi connectivity index (χ3n) is 4.72. The summed E-state index contributed by atoms with van der Waals surface area (Å²) in [5.41, 5.74) is 0.0333. The van der Waals surface area contributed by atoms with Crippen molar-refractivity contribution < 1.29 is 18.3 Å². The van der Waals surface area contributed by atoms with Gasteiger partial charge >= 0.3 is 6.18 Å². The number of alkyl halides is 3. The highest BCUT2D eigenvalue weighted by Crippen LogP contribution is 2.38. The van der Waals surface area contributed by atoms with E-state index in [9.17, 15) is 18.3 Å². The van der Waals surface area contributed by atoms with Crippen LogP contribution in [-0.2, 0) is 6.18 Å². The van der Waals surface area contributed by atoms with Crippen molar-refractivity contribution in [3.8, 4) is 16.9 Å². The van der Waals surface area contributed by atoms with E-state index in [0.717, 1.165) is 32.0 Å². The zero-order valence-electron chi connectivity index (χ0n) is 14.6. The van der Waals surface area contributed by atoms with Gasteiger partial charge in [-0.15, -0.1) is 10.2 Å². The van der Waals surface area contributed by atoms with Crippen LogP contribution in [0, 0.1) is 0 Å². The summed E-state index contributed by atoms with van der Waals surface area (Å²) in [4.78, 5) is 0. The number of hydrogen-bond donors (Lipinski definition) is 3. The first-order valence-electron chi connectivity index (χ1n) is 8.75. The summed E-state index contributed by atoms with van der Waals surface area (Å²) in [5.74, 6) is -0.0215. The predicted octanol–water partition coefficient (Wildman–Crippen LogP) is 3.94. The summed E-state index contributed by atoms with van der Waals surface area (Å²) in [6.07, 6.45) is -0.894. The van der Waals surface area contributed by atoms with Gasteiger partial charge < -0.3 is 15.7 Å². The molecule has 0 bridgehead atoms. The molecule has 3 heterocycles. The molecule has 0 aliphatic carbocycles. The molecule has 1 aliphatic heterocycles. The highest BCUT2D eigenvalue weighted by Gasteiger charge is 2.31. The Morgan fingerprint density at radius 3 is 2.71 bits per heavy atom. The van der Waals surface area contributed by atoms with Crippen LogP contribution in [0.2, 0.25) is 5.02 Å². The fraction of sp³-hybridized carbons (Fsp3) is 0.333. The van der Waals surface area contributed by atoms with Crippen LogP contribution < -0.4 is 10.6 Å². The van der Waals surface area contributed by atoms with Crippen molar-refractivity contribution in [3.05, 3.63) is 41.0 Å². The van der Waals surface area contributed by atoms with Gasteiger partial charge in [-0.05, 0) is 43.7 Å². The minimum absolute atomic E-state index is 0.183. The number of anilines is 1. The monoisotopic (exact) mass is 411 g/mol. The highest BCUT2D eigenvalue weighted by molar-refractivity contribution is 6.31. The Hall–Kier alpha value is -2.52. The summed E-state index contributed by atoms with van der Waals surface area (Å²) >= 11 is 6.22. The Morgan fingerprint density at radius 1 is 1.21 bits per heavy atom. The fourth-order valence-electron chi connectivity index (χ4n) is 3.35. The number of piperidine rings is 1. The molecule has 0 amide bonds. The van der Waals surface area contributed by atoms with Gasteiger partial charge in [-0.1, -0.05) is 11.6 Å². The average molecular weight is 412 g/mol. The molecule has 1 aliphatic rings. The standard InChI is InChI=1S/C18H17ClF3N5O/c19-11-7-14(13-4-3-10(6-15(13)28)18(20,21)22)16-25-26-17(27(16)9-11)24-12-2-1-5-23-8-12/h3-4,6-7,9,12,23,28H,1-2,5,8H2,(H,24,26)/t12-/m1/s1. The second-order valence-electron chi connectivity index (χ2n) is 6.71. The van der Waals surface area contributed by atoms with Gasteiger partial charge in [-0.2, -0.15) is 13.2 Å². The number of rotatable bonds is 3. The Bertz CT molecular complexity index is 1010. The topological polar surface area (TPSA) is 74.5 Å². The molecule has 3 N–H and O–H groups in total. The van der Waals surface area contributed by atoms with Gasteiger partial charge in [-0.3, -0.25) is 4.40 Å². The van der Waals surface area contributed by atoms with E-state index < -0.39 is 17.5 Å². The van der Waals surface area contributed by atoms with E-state index in [1.807, 2.05) is 0 Å². The van der Waals surface area contributed by atoms with E-state index in [2.05, 4.69) is 20.8 Å². The van der Waals surface area contributed by atoms with Crippen molar-refractivity contribution in [2.24, 2.45) is 0 Å². The molecular formula is C18H17ClF3N5O. The van der Waals surface area contributed by atoms with E-state index >= 15 is 0 Å². The number of nitrogens with zero attached hydrogens (tertiary/aromatic N) is 3. The Labute approximate surface area is 163 Å². The summed E-state index contributed by atoms with van der Waals surface area (Å²) in [6.45, 7) is 1.77. The molecule has 2 aromatic heterocycles. The first-order valence-corrected chi connectivity index (χ1v) is 9.13. The highest BCUT2D eigenvalue weighted by atomic mass is 35.5. The van der Waals surface area contributed by atoms with E-state index in [1.54, 1.807) is 16.7 Å². The second-order valence-corrected chi connectivity index (χ2v) is 7.14. The van der Waals surface area contributed by atoms with Crippen LogP contribution in [0.1, 0.15) is 18.4 Å². The minimum atomic E-state index is -4.54. The van der Waals surface area contributed by atoms with Crippen molar-refractivity contribution in [1.29, 1.82) is 0 Å². The number of nitrogens with one attached hydrogen (secondary N) is 2. The maximum Gasteiger partial charge on any atom is 0.416 e. The van der Waals surface area contributed by atoms with E-state index in [4.69, 9.17) is 11.6 Å². The normalized spacial score (nSPS) is 17.8. The molecule has 10 heteroatoms. The lowest BCUT2D eigenvalue weighted by Gasteiger charge is -2.23. The number of pyridine rings is 1. The number of fused-ring (bicyclic) bond motifs is 1. The average Bonchev–Trinajstić information content (AvgIpc) is 3.04. The van der Waals surface area contributed by atoms with Crippen molar-refractivity contribution in [2.75, 3.05) is 18.4 Å². The summed E-state index contributed by atoms with van der Waals surface area (Å²) in [5, 5.41) is 25.5. The number of halogens is 4. The minimum Gasteiger partial charge on any atom is -0.507 e. The van der Waals surface area contributed by atoms with Crippen LogP contribution in [0.5, 0.6) is 5.75 Å². The Morgan fingerprint density at radius 2 is 2.04 bits per heavy atom. The first kappa shape index (κ1) is 18.8. The number of aromatic hydroxyl groups is 1. The zero-order valence-corrected chi connectivity index (χ0v) is 15.3. The summed E-state index contributed by atoms with van der Waals surface area (Å²) in [7, 11) is 0. The lowest BCUT2D eigenvalue weighted by Crippen LogP contribution is -2.38. The molecule has 1 saturated heterocycles. The molecular weight excluding hydrogens is 395 g/mol. The molecule has 1 atom stereocenters. The number of phenolic OH excluding ortho intramolecular Hbond substituents is 1. The van der Waals surface area contributed by atoms with E-state index in [0.29, 0.717) is 28.2 Å². The molecule has 28 heavy (non-hydrogen) atoms. The van der Waals surface area contributed by atoms with Crippen LogP contribution >= 0.6 is 11.6 Å². The SMILES string of the molecule is Oc1cc(C(F)(F)F)ccc1-c1cc(Cl)cn2c(N[C@@H]3CCCNC3)nnc12. The maximum absolute atomic E-state index is 12.9. The molecule has 6 nitrogen and oxygen atoms in total. The van der Waals surface area contributed by atoms with Gasteiger partial charge in [0.1, 0.15) is 5.75 Å². The molecule has 1 fully saturated rings. The third-order valence-corrected chi connectivity index (χ3v) is 4.92. The Kier molecular flexibility index (Phi) is 4.80. The third kappa shape index (κ3) is 3.59. The maximum atomic E-state index is 12.9. The van der Waals surface area contributed by atoms with Crippen molar-refractivity contribution in [2.45, 2.75) is 25.1 Å². The molecule has 4 rings (SSSR count). The van der Waals surface area contributed by atoms with Crippen LogP contribution in [0.3, 0.4) is 0 Å². The van der Waals surface area contributed by atoms with Crippen LogP contribution in [-0.4, -0.2) is 38.8 Å². The molecule has 148 valence electrons. The van der Waals surface area contributed by atoms with Crippen molar-refractivity contribution in [3.63, 3.8) is 0 Å². The van der Waals surface area contributed by atoms with Crippen LogP contribution in [0.15, 0.2) is 30.5 Å². The number of hydrogen-bond acceptors (Lipinski definition) is 5. The molecule has 0 unspecified atom stereocenters. The number of aromatic nitrogens is 3. The second kappa shape index (κ2) is 7.14. The quantitative estimate of drug-likeness (QED) is 0.608. The lowest BCUT2D eigenvalue weighted by molar-refractivity contribution is -0.137. The molecule has 1 aromatic carbocycles. The molecule has 0 radical (unpaired) electrons. The molecule has 3 aromatic rings. The summed E-state index contributed by atoms with van der Waals surface area (Å²) in [6, 6.07) is 4.53. The van der Waals surface area contributed by atoms with E-state index in [1.165, 1.54) is 6.07 Å².